The van der Waals surface area contributed by atoms with Gasteiger partial charge in [0.2, 0.25) is 0 Å². The highest BCUT2D eigenvalue weighted by atomic mass is 79.9. The van der Waals surface area contributed by atoms with Crippen LogP contribution in [0.15, 0.2) is 15.5 Å². The van der Waals surface area contributed by atoms with E-state index in [0.29, 0.717) is 29.2 Å². The Morgan fingerprint density at radius 2 is 2.30 bits per heavy atom. The summed E-state index contributed by atoms with van der Waals surface area (Å²) in [6.45, 7) is 1.76. The molecule has 1 aromatic heterocycles. The van der Waals surface area contributed by atoms with Gasteiger partial charge in [-0.05, 0) is 48.8 Å². The first-order valence-corrected chi connectivity index (χ1v) is 7.60. The Balaban J connectivity index is 1.99. The molecule has 0 aliphatic heterocycles. The molecule has 1 aliphatic rings. The SMILES string of the molecule is CN(C)CCn1ncc(NCC(O)C2CC2)c(Br)c1=O. The lowest BCUT2D eigenvalue weighted by Crippen LogP contribution is -2.30. The number of hydrogen-bond donors (Lipinski definition) is 2. The number of likely N-dealkylation sites (N-methyl/N-ethyl adjacent to an activating group) is 1. The van der Waals surface area contributed by atoms with E-state index in [9.17, 15) is 9.90 Å². The first-order chi connectivity index (χ1) is 9.49. The number of halogens is 1. The molecule has 7 heteroatoms. The molecular weight excluding hydrogens is 324 g/mol. The van der Waals surface area contributed by atoms with Crippen LogP contribution in [-0.4, -0.2) is 53.1 Å². The smallest absolute Gasteiger partial charge is 0.283 e. The van der Waals surface area contributed by atoms with Crippen molar-refractivity contribution in [1.82, 2.24) is 14.7 Å². The minimum atomic E-state index is -0.349. The molecule has 0 radical (unpaired) electrons. The van der Waals surface area contributed by atoms with Gasteiger partial charge in [0.25, 0.3) is 5.56 Å². The van der Waals surface area contributed by atoms with E-state index in [1.807, 2.05) is 19.0 Å². The Bertz CT molecular complexity index is 514. The number of nitrogens with one attached hydrogen (secondary N) is 1. The van der Waals surface area contributed by atoms with Crippen LogP contribution in [0.2, 0.25) is 0 Å². The van der Waals surface area contributed by atoms with Crippen LogP contribution in [0.4, 0.5) is 5.69 Å². The van der Waals surface area contributed by atoms with E-state index in [1.54, 1.807) is 6.20 Å². The fourth-order valence-electron chi connectivity index (χ4n) is 1.90. The van der Waals surface area contributed by atoms with E-state index in [2.05, 4.69) is 26.3 Å². The van der Waals surface area contributed by atoms with Crippen LogP contribution >= 0.6 is 15.9 Å². The van der Waals surface area contributed by atoms with Crippen LogP contribution in [0.3, 0.4) is 0 Å². The summed E-state index contributed by atoms with van der Waals surface area (Å²) in [7, 11) is 3.91. The van der Waals surface area contributed by atoms with Gasteiger partial charge in [-0.15, -0.1) is 0 Å². The van der Waals surface area contributed by atoms with Crippen molar-refractivity contribution in [2.45, 2.75) is 25.5 Å². The molecule has 2 N–H and O–H groups in total. The second kappa shape index (κ2) is 6.69. The summed E-state index contributed by atoms with van der Waals surface area (Å²) in [5.74, 6) is 0.412. The largest absolute Gasteiger partial charge is 0.391 e. The molecule has 1 heterocycles. The number of aliphatic hydroxyl groups is 1. The molecule has 1 aliphatic carbocycles. The third-order valence-electron chi connectivity index (χ3n) is 3.41. The number of nitrogens with zero attached hydrogens (tertiary/aromatic N) is 3. The summed E-state index contributed by atoms with van der Waals surface area (Å²) >= 11 is 3.31. The molecule has 20 heavy (non-hydrogen) atoms. The Morgan fingerprint density at radius 1 is 1.60 bits per heavy atom. The van der Waals surface area contributed by atoms with Crippen molar-refractivity contribution in [3.63, 3.8) is 0 Å². The third kappa shape index (κ3) is 4.04. The van der Waals surface area contributed by atoms with E-state index in [1.165, 1.54) is 4.68 Å². The van der Waals surface area contributed by atoms with Crippen molar-refractivity contribution in [2.75, 3.05) is 32.5 Å². The van der Waals surface area contributed by atoms with Crippen molar-refractivity contribution in [3.8, 4) is 0 Å². The molecule has 0 amide bonds. The Hall–Kier alpha value is -0.920. The maximum Gasteiger partial charge on any atom is 0.283 e. The van der Waals surface area contributed by atoms with Crippen molar-refractivity contribution >= 4 is 21.6 Å². The van der Waals surface area contributed by atoms with Crippen LogP contribution in [0.5, 0.6) is 0 Å². The Labute approximate surface area is 126 Å². The summed E-state index contributed by atoms with van der Waals surface area (Å²) in [6.07, 6.45) is 3.46. The summed E-state index contributed by atoms with van der Waals surface area (Å²) in [5.41, 5.74) is 0.480. The maximum absolute atomic E-state index is 12.1. The van der Waals surface area contributed by atoms with Gasteiger partial charge in [0.1, 0.15) is 4.47 Å². The van der Waals surface area contributed by atoms with Gasteiger partial charge in [0.15, 0.2) is 0 Å². The van der Waals surface area contributed by atoms with E-state index in [-0.39, 0.29) is 11.7 Å². The standard InChI is InChI=1S/C13H21BrN4O2/c1-17(2)5-6-18-13(20)12(14)10(7-16-18)15-8-11(19)9-3-4-9/h7,9,11,15,19H,3-6,8H2,1-2H3. The van der Waals surface area contributed by atoms with Crippen LogP contribution < -0.4 is 10.9 Å². The average molecular weight is 345 g/mol. The zero-order valence-electron chi connectivity index (χ0n) is 11.8. The number of aliphatic hydroxyl groups excluding tert-OH is 1. The molecule has 112 valence electrons. The molecule has 2 rings (SSSR count). The summed E-state index contributed by atoms with van der Waals surface area (Å²) in [5, 5.41) is 17.1. The lowest BCUT2D eigenvalue weighted by Gasteiger charge is -2.14. The molecule has 0 aromatic carbocycles. The van der Waals surface area contributed by atoms with Crippen LogP contribution in [-0.2, 0) is 6.54 Å². The first kappa shape index (κ1) is 15.5. The molecule has 0 spiro atoms. The van der Waals surface area contributed by atoms with Crippen molar-refractivity contribution in [1.29, 1.82) is 0 Å². The Morgan fingerprint density at radius 3 is 2.90 bits per heavy atom. The third-order valence-corrected chi connectivity index (χ3v) is 4.18. The van der Waals surface area contributed by atoms with Crippen molar-refractivity contribution in [2.24, 2.45) is 5.92 Å². The second-order valence-electron chi connectivity index (χ2n) is 5.49. The summed E-state index contributed by atoms with van der Waals surface area (Å²) in [6, 6.07) is 0. The molecule has 0 saturated heterocycles. The predicted octanol–water partition coefficient (Wildman–Crippen LogP) is 0.750. The number of rotatable bonds is 7. The molecule has 1 atom stereocenters. The van der Waals surface area contributed by atoms with Gasteiger partial charge in [0.05, 0.1) is 24.5 Å². The number of hydrogen-bond acceptors (Lipinski definition) is 5. The fraction of sp³-hybridized carbons (Fsp3) is 0.692. The molecule has 1 fully saturated rings. The molecule has 1 aromatic rings. The molecule has 1 saturated carbocycles. The van der Waals surface area contributed by atoms with Gasteiger partial charge in [-0.3, -0.25) is 4.79 Å². The predicted molar refractivity (Wildman–Crippen MR) is 82.0 cm³/mol. The van der Waals surface area contributed by atoms with Crippen molar-refractivity contribution < 1.29 is 5.11 Å². The van der Waals surface area contributed by atoms with Crippen LogP contribution in [0.1, 0.15) is 12.8 Å². The monoisotopic (exact) mass is 344 g/mol. The van der Waals surface area contributed by atoms with E-state index in [0.717, 1.165) is 19.4 Å². The highest BCUT2D eigenvalue weighted by Gasteiger charge is 2.29. The topological polar surface area (TPSA) is 70.4 Å². The van der Waals surface area contributed by atoms with Crippen molar-refractivity contribution in [3.05, 3.63) is 21.0 Å². The molecule has 0 bridgehead atoms. The lowest BCUT2D eigenvalue weighted by molar-refractivity contribution is 0.164. The number of anilines is 1. The normalized spacial score (nSPS) is 16.4. The lowest BCUT2D eigenvalue weighted by atomic mass is 10.2. The first-order valence-electron chi connectivity index (χ1n) is 6.81. The van der Waals surface area contributed by atoms with E-state index in [4.69, 9.17) is 0 Å². The van der Waals surface area contributed by atoms with Gasteiger partial charge in [-0.25, -0.2) is 4.68 Å². The van der Waals surface area contributed by atoms with Crippen LogP contribution in [0, 0.1) is 5.92 Å². The van der Waals surface area contributed by atoms with Crippen LogP contribution in [0.25, 0.3) is 0 Å². The van der Waals surface area contributed by atoms with Gasteiger partial charge in [0, 0.05) is 13.1 Å². The Kier molecular flexibility index (Phi) is 5.17. The maximum atomic E-state index is 12.1. The second-order valence-corrected chi connectivity index (χ2v) is 6.28. The van der Waals surface area contributed by atoms with Gasteiger partial charge >= 0.3 is 0 Å². The quantitative estimate of drug-likeness (QED) is 0.763. The minimum Gasteiger partial charge on any atom is -0.391 e. The molecule has 1 unspecified atom stereocenters. The van der Waals surface area contributed by atoms with Gasteiger partial charge < -0.3 is 15.3 Å². The zero-order chi connectivity index (χ0) is 14.7. The van der Waals surface area contributed by atoms with Gasteiger partial charge in [-0.1, -0.05) is 0 Å². The van der Waals surface area contributed by atoms with E-state index < -0.39 is 0 Å². The zero-order valence-corrected chi connectivity index (χ0v) is 13.4. The summed E-state index contributed by atoms with van der Waals surface area (Å²) in [4.78, 5) is 14.1. The molecular formula is C13H21BrN4O2. The van der Waals surface area contributed by atoms with Gasteiger partial charge in [-0.2, -0.15) is 5.10 Å². The molecule has 6 nitrogen and oxygen atoms in total. The minimum absolute atomic E-state index is 0.155. The number of aromatic nitrogens is 2. The average Bonchev–Trinajstić information content (AvgIpc) is 3.23. The fourth-order valence-corrected chi connectivity index (χ4v) is 2.35. The highest BCUT2D eigenvalue weighted by molar-refractivity contribution is 9.10. The highest BCUT2D eigenvalue weighted by Crippen LogP contribution is 2.32. The summed E-state index contributed by atoms with van der Waals surface area (Å²) < 4.78 is 1.90. The van der Waals surface area contributed by atoms with E-state index >= 15 is 0 Å².